The number of nitrogens with zero attached hydrogens (tertiary/aromatic N) is 1. The minimum atomic E-state index is -0.142. The minimum absolute atomic E-state index is 0.0530. The number of thiazole rings is 1. The van der Waals surface area contributed by atoms with Crippen molar-refractivity contribution < 1.29 is 9.53 Å². The van der Waals surface area contributed by atoms with E-state index in [0.29, 0.717) is 6.61 Å². The van der Waals surface area contributed by atoms with Crippen molar-refractivity contribution in [2.75, 3.05) is 0 Å². The molecule has 1 atom stereocenters. The summed E-state index contributed by atoms with van der Waals surface area (Å²) >= 11 is 1.60. The highest BCUT2D eigenvalue weighted by Crippen LogP contribution is 2.21. The van der Waals surface area contributed by atoms with Crippen molar-refractivity contribution >= 4 is 23.3 Å². The molecule has 0 aliphatic carbocycles. The van der Waals surface area contributed by atoms with Crippen LogP contribution in [-0.4, -0.2) is 10.9 Å². The van der Waals surface area contributed by atoms with Crippen molar-refractivity contribution in [1.29, 1.82) is 0 Å². The first-order valence-electron chi connectivity index (χ1n) is 8.78. The molecule has 0 bridgehead atoms. The number of hydrogen-bond acceptors (Lipinski definition) is 4. The van der Waals surface area contributed by atoms with Crippen LogP contribution in [0.1, 0.15) is 34.8 Å². The largest absolute Gasteiger partial charge is 0.487 e. The van der Waals surface area contributed by atoms with Crippen molar-refractivity contribution in [2.24, 2.45) is 0 Å². The highest BCUT2D eigenvalue weighted by atomic mass is 32.1. The number of carbonyl (C=O) groups excluding carboxylic acids is 1. The molecule has 3 aromatic rings. The van der Waals surface area contributed by atoms with Crippen molar-refractivity contribution in [3.63, 3.8) is 0 Å². The van der Waals surface area contributed by atoms with E-state index in [1.165, 1.54) is 6.08 Å². The van der Waals surface area contributed by atoms with Crippen LogP contribution in [0.5, 0.6) is 5.75 Å². The zero-order chi connectivity index (χ0) is 19.1. The Hall–Kier alpha value is -2.92. The van der Waals surface area contributed by atoms with Gasteiger partial charge in [0.15, 0.2) is 0 Å². The SMILES string of the molecule is Cc1nc(COc2ccccc2/C=C/C(=O)NC(C)c2ccccc2)cs1. The fourth-order valence-corrected chi connectivity index (χ4v) is 3.23. The molecule has 5 heteroatoms. The molecule has 27 heavy (non-hydrogen) atoms. The van der Waals surface area contributed by atoms with Crippen LogP contribution < -0.4 is 10.1 Å². The topological polar surface area (TPSA) is 51.2 Å². The van der Waals surface area contributed by atoms with E-state index in [1.54, 1.807) is 17.4 Å². The summed E-state index contributed by atoms with van der Waals surface area (Å²) in [5.74, 6) is 0.583. The van der Waals surface area contributed by atoms with Crippen LogP contribution in [0.2, 0.25) is 0 Å². The summed E-state index contributed by atoms with van der Waals surface area (Å²) in [6.45, 7) is 4.35. The van der Waals surface area contributed by atoms with Crippen LogP contribution in [-0.2, 0) is 11.4 Å². The van der Waals surface area contributed by atoms with Gasteiger partial charge in [0, 0.05) is 17.0 Å². The second kappa shape index (κ2) is 9.14. The third-order valence-electron chi connectivity index (χ3n) is 4.03. The Morgan fingerprint density at radius 2 is 1.93 bits per heavy atom. The number of carbonyl (C=O) groups is 1. The van der Waals surface area contributed by atoms with Crippen LogP contribution in [0.3, 0.4) is 0 Å². The number of nitrogens with one attached hydrogen (secondary N) is 1. The molecule has 0 aliphatic rings. The molecular weight excluding hydrogens is 356 g/mol. The van der Waals surface area contributed by atoms with Gasteiger partial charge < -0.3 is 10.1 Å². The van der Waals surface area contributed by atoms with Crippen LogP contribution in [0.4, 0.5) is 0 Å². The number of rotatable bonds is 7. The van der Waals surface area contributed by atoms with Crippen molar-refractivity contribution in [1.82, 2.24) is 10.3 Å². The number of aryl methyl sites for hydroxylation is 1. The predicted molar refractivity (Wildman–Crippen MR) is 110 cm³/mol. The Morgan fingerprint density at radius 1 is 1.19 bits per heavy atom. The Kier molecular flexibility index (Phi) is 6.39. The van der Waals surface area contributed by atoms with Gasteiger partial charge in [0.05, 0.1) is 16.7 Å². The summed E-state index contributed by atoms with van der Waals surface area (Å²) in [7, 11) is 0. The molecule has 0 saturated carbocycles. The molecule has 1 amide bonds. The molecule has 0 spiro atoms. The van der Waals surface area contributed by atoms with E-state index in [4.69, 9.17) is 4.74 Å². The molecule has 1 heterocycles. The average Bonchev–Trinajstić information content (AvgIpc) is 3.11. The van der Waals surface area contributed by atoms with E-state index >= 15 is 0 Å². The monoisotopic (exact) mass is 378 g/mol. The summed E-state index contributed by atoms with van der Waals surface area (Å²) < 4.78 is 5.88. The lowest BCUT2D eigenvalue weighted by Gasteiger charge is -2.12. The standard InChI is InChI=1S/C22H22N2O2S/c1-16(18-8-4-3-5-9-18)23-22(25)13-12-19-10-6-7-11-21(19)26-14-20-15-27-17(2)24-20/h3-13,15-16H,14H2,1-2H3,(H,23,25)/b13-12+. The van der Waals surface area contributed by atoms with E-state index < -0.39 is 0 Å². The third-order valence-corrected chi connectivity index (χ3v) is 4.86. The molecule has 0 fully saturated rings. The van der Waals surface area contributed by atoms with Gasteiger partial charge in [-0.25, -0.2) is 4.98 Å². The number of para-hydroxylation sites is 1. The highest BCUT2D eigenvalue weighted by molar-refractivity contribution is 7.09. The summed E-state index contributed by atoms with van der Waals surface area (Å²) in [5, 5.41) is 5.98. The zero-order valence-electron chi connectivity index (χ0n) is 15.4. The van der Waals surface area contributed by atoms with E-state index in [9.17, 15) is 4.79 Å². The fraction of sp³-hybridized carbons (Fsp3) is 0.182. The first-order chi connectivity index (χ1) is 13.1. The summed E-state index contributed by atoms with van der Waals surface area (Å²) in [4.78, 5) is 16.6. The Morgan fingerprint density at radius 3 is 2.67 bits per heavy atom. The zero-order valence-corrected chi connectivity index (χ0v) is 16.2. The molecular formula is C22H22N2O2S. The molecule has 0 saturated heterocycles. The Labute approximate surface area is 163 Å². The molecule has 1 aromatic heterocycles. The second-order valence-corrected chi connectivity index (χ2v) is 7.22. The van der Waals surface area contributed by atoms with Crippen molar-refractivity contribution in [2.45, 2.75) is 26.5 Å². The molecule has 1 unspecified atom stereocenters. The molecule has 2 aromatic carbocycles. The summed E-state index contributed by atoms with van der Waals surface area (Å²) in [5.41, 5.74) is 2.83. The van der Waals surface area contributed by atoms with Crippen LogP contribution in [0.15, 0.2) is 66.1 Å². The van der Waals surface area contributed by atoms with Gasteiger partial charge in [-0.15, -0.1) is 11.3 Å². The minimum Gasteiger partial charge on any atom is -0.487 e. The van der Waals surface area contributed by atoms with Gasteiger partial charge in [-0.2, -0.15) is 0 Å². The maximum absolute atomic E-state index is 12.2. The van der Waals surface area contributed by atoms with Gasteiger partial charge >= 0.3 is 0 Å². The highest BCUT2D eigenvalue weighted by Gasteiger charge is 2.07. The van der Waals surface area contributed by atoms with Gasteiger partial charge in [0.2, 0.25) is 5.91 Å². The van der Waals surface area contributed by atoms with Crippen LogP contribution in [0, 0.1) is 6.92 Å². The molecule has 1 N–H and O–H groups in total. The normalized spacial score (nSPS) is 12.1. The molecule has 138 valence electrons. The maximum Gasteiger partial charge on any atom is 0.244 e. The lowest BCUT2D eigenvalue weighted by Crippen LogP contribution is -2.24. The van der Waals surface area contributed by atoms with Gasteiger partial charge in [-0.3, -0.25) is 4.79 Å². The van der Waals surface area contributed by atoms with Gasteiger partial charge in [-0.1, -0.05) is 48.5 Å². The summed E-state index contributed by atoms with van der Waals surface area (Å²) in [6.07, 6.45) is 3.31. The molecule has 0 aliphatic heterocycles. The maximum atomic E-state index is 12.2. The second-order valence-electron chi connectivity index (χ2n) is 6.16. The van der Waals surface area contributed by atoms with E-state index in [2.05, 4.69) is 10.3 Å². The van der Waals surface area contributed by atoms with Crippen LogP contribution >= 0.6 is 11.3 Å². The number of hydrogen-bond donors (Lipinski definition) is 1. The smallest absolute Gasteiger partial charge is 0.244 e. The Balaban J connectivity index is 1.61. The number of aromatic nitrogens is 1. The van der Waals surface area contributed by atoms with Gasteiger partial charge in [-0.05, 0) is 31.6 Å². The average molecular weight is 378 g/mol. The number of benzene rings is 2. The number of ether oxygens (including phenoxy) is 1. The predicted octanol–water partition coefficient (Wildman–Crippen LogP) is 4.92. The van der Waals surface area contributed by atoms with Gasteiger partial charge in [0.25, 0.3) is 0 Å². The first kappa shape index (κ1) is 18.9. The third kappa shape index (κ3) is 5.53. The van der Waals surface area contributed by atoms with Crippen LogP contribution in [0.25, 0.3) is 6.08 Å². The molecule has 4 nitrogen and oxygen atoms in total. The molecule has 3 rings (SSSR count). The van der Waals surface area contributed by atoms with Gasteiger partial charge in [0.1, 0.15) is 12.4 Å². The van der Waals surface area contributed by atoms with Crippen molar-refractivity contribution in [3.8, 4) is 5.75 Å². The quantitative estimate of drug-likeness (QED) is 0.594. The lowest BCUT2D eigenvalue weighted by molar-refractivity contribution is -0.117. The van der Waals surface area contributed by atoms with E-state index in [-0.39, 0.29) is 11.9 Å². The fourth-order valence-electron chi connectivity index (χ4n) is 2.63. The first-order valence-corrected chi connectivity index (χ1v) is 9.66. The lowest BCUT2D eigenvalue weighted by atomic mass is 10.1. The number of amides is 1. The van der Waals surface area contributed by atoms with E-state index in [0.717, 1.165) is 27.6 Å². The Bertz CT molecular complexity index is 919. The molecule has 0 radical (unpaired) electrons. The van der Waals surface area contributed by atoms with E-state index in [1.807, 2.05) is 73.8 Å². The summed E-state index contributed by atoms with van der Waals surface area (Å²) in [6, 6.07) is 17.5. The van der Waals surface area contributed by atoms with Crippen molar-refractivity contribution in [3.05, 3.63) is 87.9 Å².